The molecule has 6 heteroatoms. The summed E-state index contributed by atoms with van der Waals surface area (Å²) in [7, 11) is -5.09. The lowest BCUT2D eigenvalue weighted by molar-refractivity contribution is 0.244. The molecule has 0 saturated carbocycles. The summed E-state index contributed by atoms with van der Waals surface area (Å²) in [6.07, 6.45) is 1.47. The van der Waals surface area contributed by atoms with Crippen molar-refractivity contribution in [2.45, 2.75) is 46.3 Å². The number of rotatable bonds is 8. The minimum absolute atomic E-state index is 0.0359. The van der Waals surface area contributed by atoms with Crippen LogP contribution < -0.4 is 0 Å². The standard InChI is InChI=1S/C11H26O4P2/c1-10(2)14-16(5,12)8-7-9-17(6,13)15-11(3)4/h10-11H,7-9H2,1-6H3. The van der Waals surface area contributed by atoms with E-state index in [9.17, 15) is 9.13 Å². The second-order valence-electron chi connectivity index (χ2n) is 5.14. The predicted octanol–water partition coefficient (Wildman–Crippen LogP) is 4.04. The highest BCUT2D eigenvalue weighted by atomic mass is 31.2. The van der Waals surface area contributed by atoms with E-state index in [0.29, 0.717) is 18.7 Å². The molecule has 0 N–H and O–H groups in total. The third-order valence-electron chi connectivity index (χ3n) is 2.00. The Hall–Kier alpha value is 0.380. The monoisotopic (exact) mass is 284 g/mol. The third kappa shape index (κ3) is 10.0. The van der Waals surface area contributed by atoms with Gasteiger partial charge in [0.25, 0.3) is 0 Å². The van der Waals surface area contributed by atoms with Crippen molar-refractivity contribution in [1.29, 1.82) is 0 Å². The molecule has 0 aliphatic heterocycles. The summed E-state index contributed by atoms with van der Waals surface area (Å²) in [5, 5.41) is 0. The van der Waals surface area contributed by atoms with Crippen molar-refractivity contribution >= 4 is 14.7 Å². The van der Waals surface area contributed by atoms with E-state index in [1.807, 2.05) is 27.7 Å². The number of hydrogen-bond acceptors (Lipinski definition) is 4. The Balaban J connectivity index is 4.06. The van der Waals surface area contributed by atoms with E-state index in [2.05, 4.69) is 0 Å². The molecule has 0 bridgehead atoms. The molecule has 0 aliphatic rings. The van der Waals surface area contributed by atoms with Crippen LogP contribution in [-0.2, 0) is 18.2 Å². The fourth-order valence-electron chi connectivity index (χ4n) is 1.64. The van der Waals surface area contributed by atoms with Crippen molar-refractivity contribution in [2.75, 3.05) is 25.7 Å². The van der Waals surface area contributed by atoms with Crippen LogP contribution in [0.1, 0.15) is 34.1 Å². The first kappa shape index (κ1) is 17.4. The van der Waals surface area contributed by atoms with Gasteiger partial charge in [0.05, 0.1) is 12.2 Å². The summed E-state index contributed by atoms with van der Waals surface area (Å²) in [4.78, 5) is 0. The normalized spacial score (nSPS) is 19.3. The van der Waals surface area contributed by atoms with E-state index >= 15 is 0 Å². The smallest absolute Gasteiger partial charge is 0.200 e. The topological polar surface area (TPSA) is 52.6 Å². The molecule has 0 saturated heterocycles. The van der Waals surface area contributed by atoms with Crippen LogP contribution in [0.3, 0.4) is 0 Å². The second kappa shape index (κ2) is 7.09. The maximum Gasteiger partial charge on any atom is 0.200 e. The summed E-state index contributed by atoms with van der Waals surface area (Å²) in [5.74, 6) is 0. The molecular formula is C11H26O4P2. The van der Waals surface area contributed by atoms with Gasteiger partial charge < -0.3 is 9.05 Å². The molecule has 2 atom stereocenters. The Morgan fingerprint density at radius 1 is 0.824 bits per heavy atom. The van der Waals surface area contributed by atoms with Crippen molar-refractivity contribution in [3.05, 3.63) is 0 Å². The van der Waals surface area contributed by atoms with Gasteiger partial charge in [0.15, 0.2) is 14.7 Å². The summed E-state index contributed by atoms with van der Waals surface area (Å²) in [6.45, 7) is 10.7. The third-order valence-corrected chi connectivity index (χ3v) is 5.99. The highest BCUT2D eigenvalue weighted by Crippen LogP contribution is 2.49. The fraction of sp³-hybridized carbons (Fsp3) is 1.00. The quantitative estimate of drug-likeness (QED) is 0.631. The van der Waals surface area contributed by atoms with Gasteiger partial charge >= 0.3 is 0 Å². The van der Waals surface area contributed by atoms with Crippen LogP contribution in [0, 0.1) is 0 Å². The molecule has 0 aliphatic carbocycles. The molecule has 17 heavy (non-hydrogen) atoms. The SMILES string of the molecule is CC(C)OP(C)(=O)CCCP(C)(=O)OC(C)C. The molecule has 0 amide bonds. The second-order valence-corrected chi connectivity index (χ2v) is 10.5. The summed E-state index contributed by atoms with van der Waals surface area (Å²) >= 11 is 0. The van der Waals surface area contributed by atoms with Crippen LogP contribution in [0.15, 0.2) is 0 Å². The van der Waals surface area contributed by atoms with Gasteiger partial charge in [-0.2, -0.15) is 0 Å². The van der Waals surface area contributed by atoms with Crippen molar-refractivity contribution in [3.63, 3.8) is 0 Å². The molecule has 0 spiro atoms. The van der Waals surface area contributed by atoms with Crippen molar-refractivity contribution in [1.82, 2.24) is 0 Å². The Kier molecular flexibility index (Phi) is 7.25. The predicted molar refractivity (Wildman–Crippen MR) is 73.9 cm³/mol. The highest BCUT2D eigenvalue weighted by Gasteiger charge is 2.22. The summed E-state index contributed by atoms with van der Waals surface area (Å²) in [5.41, 5.74) is 0. The van der Waals surface area contributed by atoms with Crippen LogP contribution in [-0.4, -0.2) is 37.9 Å². The van der Waals surface area contributed by atoms with Gasteiger partial charge in [0.1, 0.15) is 0 Å². The molecular weight excluding hydrogens is 258 g/mol. The van der Waals surface area contributed by atoms with Crippen LogP contribution in [0.25, 0.3) is 0 Å². The zero-order chi connectivity index (χ0) is 13.7. The van der Waals surface area contributed by atoms with Gasteiger partial charge in [0.2, 0.25) is 0 Å². The molecule has 0 aromatic heterocycles. The van der Waals surface area contributed by atoms with Crippen molar-refractivity contribution < 1.29 is 18.2 Å². The zero-order valence-corrected chi connectivity index (χ0v) is 13.6. The van der Waals surface area contributed by atoms with E-state index < -0.39 is 14.7 Å². The number of hydrogen-bond donors (Lipinski definition) is 0. The lowest BCUT2D eigenvalue weighted by atomic mass is 10.5. The lowest BCUT2D eigenvalue weighted by Gasteiger charge is -2.19. The molecule has 0 rings (SSSR count). The van der Waals surface area contributed by atoms with E-state index in [0.717, 1.165) is 0 Å². The van der Waals surface area contributed by atoms with Gasteiger partial charge in [-0.25, -0.2) is 0 Å². The molecule has 104 valence electrons. The van der Waals surface area contributed by atoms with Crippen LogP contribution in [0.4, 0.5) is 0 Å². The zero-order valence-electron chi connectivity index (χ0n) is 11.8. The highest BCUT2D eigenvalue weighted by molar-refractivity contribution is 7.59. The van der Waals surface area contributed by atoms with Gasteiger partial charge in [0, 0.05) is 25.7 Å². The summed E-state index contributed by atoms with van der Waals surface area (Å²) < 4.78 is 34.7. The average molecular weight is 284 g/mol. The van der Waals surface area contributed by atoms with E-state index in [-0.39, 0.29) is 12.2 Å². The van der Waals surface area contributed by atoms with E-state index in [1.165, 1.54) is 0 Å². The van der Waals surface area contributed by atoms with Gasteiger partial charge in [-0.15, -0.1) is 0 Å². The minimum Gasteiger partial charge on any atom is -0.326 e. The molecule has 4 nitrogen and oxygen atoms in total. The van der Waals surface area contributed by atoms with Crippen LogP contribution >= 0.6 is 14.7 Å². The first-order chi connectivity index (χ1) is 7.54. The fourth-order valence-corrected chi connectivity index (χ4v) is 5.35. The molecule has 2 unspecified atom stereocenters. The molecule has 0 aromatic carbocycles. The van der Waals surface area contributed by atoms with Gasteiger partial charge in [-0.3, -0.25) is 9.13 Å². The largest absolute Gasteiger partial charge is 0.326 e. The lowest BCUT2D eigenvalue weighted by Crippen LogP contribution is -2.06. The molecule has 0 radical (unpaired) electrons. The van der Waals surface area contributed by atoms with Crippen LogP contribution in [0.5, 0.6) is 0 Å². The first-order valence-corrected chi connectivity index (χ1v) is 10.6. The molecule has 0 fully saturated rings. The van der Waals surface area contributed by atoms with Crippen molar-refractivity contribution in [3.8, 4) is 0 Å². The van der Waals surface area contributed by atoms with Crippen LogP contribution in [0.2, 0.25) is 0 Å². The van der Waals surface area contributed by atoms with E-state index in [1.54, 1.807) is 13.3 Å². The minimum atomic E-state index is -2.55. The van der Waals surface area contributed by atoms with Gasteiger partial charge in [-0.05, 0) is 34.1 Å². The molecule has 0 heterocycles. The maximum atomic E-state index is 12.0. The Bertz CT molecular complexity index is 283. The maximum absolute atomic E-state index is 12.0. The Labute approximate surface area is 105 Å². The molecule has 0 aromatic rings. The van der Waals surface area contributed by atoms with Gasteiger partial charge in [-0.1, -0.05) is 0 Å². The van der Waals surface area contributed by atoms with E-state index in [4.69, 9.17) is 9.05 Å². The Morgan fingerprint density at radius 2 is 1.12 bits per heavy atom. The van der Waals surface area contributed by atoms with Crippen molar-refractivity contribution in [2.24, 2.45) is 0 Å². The Morgan fingerprint density at radius 3 is 1.35 bits per heavy atom. The summed E-state index contributed by atoms with van der Waals surface area (Å²) in [6, 6.07) is 0. The average Bonchev–Trinajstić information content (AvgIpc) is 1.96. The first-order valence-electron chi connectivity index (χ1n) is 6.04.